The van der Waals surface area contributed by atoms with Gasteiger partial charge >= 0.3 is 5.97 Å². The van der Waals surface area contributed by atoms with Gasteiger partial charge in [0.2, 0.25) is 5.91 Å². The van der Waals surface area contributed by atoms with Crippen LogP contribution in [0.2, 0.25) is 0 Å². The molecule has 2 amide bonds. The molecule has 0 spiro atoms. The SMILES string of the molecule is Cc1ccsc1C(=O)NNC(=O)[C@H]1CCCC[C@H]1C(=O)O. The van der Waals surface area contributed by atoms with E-state index < -0.39 is 23.7 Å². The lowest BCUT2D eigenvalue weighted by molar-refractivity contribution is -0.149. The molecule has 2 rings (SSSR count). The van der Waals surface area contributed by atoms with Crippen LogP contribution in [0.1, 0.15) is 40.9 Å². The Morgan fingerprint density at radius 1 is 1.19 bits per heavy atom. The highest BCUT2D eigenvalue weighted by molar-refractivity contribution is 7.12. The van der Waals surface area contributed by atoms with Crippen LogP contribution in [-0.4, -0.2) is 22.9 Å². The van der Waals surface area contributed by atoms with Crippen molar-refractivity contribution >= 4 is 29.1 Å². The van der Waals surface area contributed by atoms with Crippen molar-refractivity contribution in [1.29, 1.82) is 0 Å². The summed E-state index contributed by atoms with van der Waals surface area (Å²) in [5.41, 5.74) is 5.56. The average molecular weight is 310 g/mol. The van der Waals surface area contributed by atoms with Crippen LogP contribution in [0.5, 0.6) is 0 Å². The van der Waals surface area contributed by atoms with Crippen LogP contribution in [0.3, 0.4) is 0 Å². The number of aryl methyl sites for hydroxylation is 1. The second-order valence-corrected chi connectivity index (χ2v) is 6.13. The van der Waals surface area contributed by atoms with Crippen molar-refractivity contribution in [3.8, 4) is 0 Å². The Kier molecular flexibility index (Phi) is 4.95. The topological polar surface area (TPSA) is 95.5 Å². The minimum atomic E-state index is -0.949. The lowest BCUT2D eigenvalue weighted by Gasteiger charge is -2.27. The van der Waals surface area contributed by atoms with E-state index in [1.807, 2.05) is 13.0 Å². The molecular formula is C14H18N2O4S. The van der Waals surface area contributed by atoms with Crippen molar-refractivity contribution in [2.24, 2.45) is 11.8 Å². The van der Waals surface area contributed by atoms with Gasteiger partial charge in [-0.25, -0.2) is 0 Å². The molecule has 0 unspecified atom stereocenters. The molecule has 0 radical (unpaired) electrons. The first-order valence-electron chi connectivity index (χ1n) is 6.87. The minimum Gasteiger partial charge on any atom is -0.481 e. The second kappa shape index (κ2) is 6.71. The standard InChI is InChI=1S/C14H18N2O4S/c1-8-6-7-21-11(8)13(18)16-15-12(17)9-4-2-3-5-10(9)14(19)20/h6-7,9-10H,2-5H2,1H3,(H,15,17)(H,16,18)(H,19,20)/t9-,10+/m0/s1. The van der Waals surface area contributed by atoms with E-state index in [1.54, 1.807) is 5.38 Å². The summed E-state index contributed by atoms with van der Waals surface area (Å²) in [6, 6.07) is 1.82. The number of thiophene rings is 1. The molecule has 1 aromatic heterocycles. The zero-order valence-corrected chi connectivity index (χ0v) is 12.5. The molecule has 21 heavy (non-hydrogen) atoms. The van der Waals surface area contributed by atoms with Crippen LogP contribution >= 0.6 is 11.3 Å². The van der Waals surface area contributed by atoms with Crippen LogP contribution in [0.15, 0.2) is 11.4 Å². The number of amides is 2. The van der Waals surface area contributed by atoms with Crippen LogP contribution in [-0.2, 0) is 9.59 Å². The molecule has 0 bridgehead atoms. The van der Waals surface area contributed by atoms with Crippen molar-refractivity contribution in [2.45, 2.75) is 32.6 Å². The number of hydrazine groups is 1. The molecule has 0 saturated heterocycles. The number of hydrogen-bond acceptors (Lipinski definition) is 4. The molecule has 1 aliphatic rings. The van der Waals surface area contributed by atoms with E-state index in [1.165, 1.54) is 11.3 Å². The van der Waals surface area contributed by atoms with Crippen molar-refractivity contribution in [3.63, 3.8) is 0 Å². The molecule has 7 heteroatoms. The Morgan fingerprint density at radius 3 is 2.43 bits per heavy atom. The van der Waals surface area contributed by atoms with Crippen molar-refractivity contribution in [3.05, 3.63) is 21.9 Å². The smallest absolute Gasteiger partial charge is 0.307 e. The third kappa shape index (κ3) is 3.60. The van der Waals surface area contributed by atoms with Gasteiger partial charge in [-0.3, -0.25) is 25.2 Å². The molecule has 2 atom stereocenters. The number of carbonyl (C=O) groups excluding carboxylic acids is 2. The van der Waals surface area contributed by atoms with E-state index in [0.717, 1.165) is 18.4 Å². The molecule has 1 heterocycles. The molecule has 1 fully saturated rings. The fourth-order valence-electron chi connectivity index (χ4n) is 2.61. The Labute approximate surface area is 126 Å². The summed E-state index contributed by atoms with van der Waals surface area (Å²) >= 11 is 1.29. The van der Waals surface area contributed by atoms with Gasteiger partial charge in [-0.05, 0) is 36.8 Å². The number of carboxylic acid groups (broad SMARTS) is 1. The lowest BCUT2D eigenvalue weighted by atomic mass is 9.79. The van der Waals surface area contributed by atoms with Gasteiger partial charge in [-0.2, -0.15) is 0 Å². The largest absolute Gasteiger partial charge is 0.481 e. The summed E-state index contributed by atoms with van der Waals surface area (Å²) < 4.78 is 0. The van der Waals surface area contributed by atoms with Gasteiger partial charge in [0.25, 0.3) is 5.91 Å². The molecule has 3 N–H and O–H groups in total. The number of rotatable bonds is 3. The van der Waals surface area contributed by atoms with Crippen molar-refractivity contribution < 1.29 is 19.5 Å². The summed E-state index contributed by atoms with van der Waals surface area (Å²) in [6.07, 6.45) is 2.70. The van der Waals surface area contributed by atoms with E-state index in [0.29, 0.717) is 17.7 Å². The molecule has 0 aliphatic heterocycles. The minimum absolute atomic E-state index is 0.376. The summed E-state index contributed by atoms with van der Waals surface area (Å²) in [5, 5.41) is 11.0. The zero-order valence-electron chi connectivity index (χ0n) is 11.7. The van der Waals surface area contributed by atoms with Gasteiger partial charge in [0.1, 0.15) is 0 Å². The highest BCUT2D eigenvalue weighted by atomic mass is 32.1. The normalized spacial score (nSPS) is 21.6. The Hall–Kier alpha value is -1.89. The third-order valence-corrected chi connectivity index (χ3v) is 4.80. The first-order valence-corrected chi connectivity index (χ1v) is 7.75. The molecule has 1 aromatic rings. The third-order valence-electron chi connectivity index (χ3n) is 3.79. The van der Waals surface area contributed by atoms with Gasteiger partial charge in [0.15, 0.2) is 0 Å². The van der Waals surface area contributed by atoms with Crippen molar-refractivity contribution in [1.82, 2.24) is 10.9 Å². The first kappa shape index (κ1) is 15.5. The monoisotopic (exact) mass is 310 g/mol. The Bertz CT molecular complexity index is 555. The van der Waals surface area contributed by atoms with E-state index in [4.69, 9.17) is 5.11 Å². The van der Waals surface area contributed by atoms with Gasteiger partial charge in [-0.1, -0.05) is 12.8 Å². The van der Waals surface area contributed by atoms with E-state index in [2.05, 4.69) is 10.9 Å². The molecule has 114 valence electrons. The Morgan fingerprint density at radius 2 is 1.86 bits per heavy atom. The fraction of sp³-hybridized carbons (Fsp3) is 0.500. The number of carboxylic acids is 1. The number of aliphatic carboxylic acids is 1. The fourth-order valence-corrected chi connectivity index (χ4v) is 3.43. The second-order valence-electron chi connectivity index (χ2n) is 5.21. The van der Waals surface area contributed by atoms with Gasteiger partial charge in [-0.15, -0.1) is 11.3 Å². The summed E-state index contributed by atoms with van der Waals surface area (Å²) in [7, 11) is 0. The summed E-state index contributed by atoms with van der Waals surface area (Å²) in [4.78, 5) is 35.7. The maximum absolute atomic E-state index is 12.1. The predicted molar refractivity (Wildman–Crippen MR) is 77.7 cm³/mol. The Balaban J connectivity index is 1.93. The highest BCUT2D eigenvalue weighted by Gasteiger charge is 2.35. The van der Waals surface area contributed by atoms with Gasteiger partial charge < -0.3 is 5.11 Å². The quantitative estimate of drug-likeness (QED) is 0.741. The average Bonchev–Trinajstić information content (AvgIpc) is 2.90. The number of hydrogen-bond donors (Lipinski definition) is 3. The van der Waals surface area contributed by atoms with E-state index in [9.17, 15) is 14.4 Å². The molecule has 1 aliphatic carbocycles. The van der Waals surface area contributed by atoms with Crippen LogP contribution < -0.4 is 10.9 Å². The molecule has 0 aromatic carbocycles. The summed E-state index contributed by atoms with van der Waals surface area (Å²) in [5.74, 6) is -3.00. The number of nitrogens with one attached hydrogen (secondary N) is 2. The predicted octanol–water partition coefficient (Wildman–Crippen LogP) is 1.71. The van der Waals surface area contributed by atoms with E-state index >= 15 is 0 Å². The number of carbonyl (C=O) groups is 3. The van der Waals surface area contributed by atoms with Gasteiger partial charge in [0, 0.05) is 0 Å². The van der Waals surface area contributed by atoms with Crippen molar-refractivity contribution in [2.75, 3.05) is 0 Å². The molecule has 6 nitrogen and oxygen atoms in total. The van der Waals surface area contributed by atoms with Crippen LogP contribution in [0.25, 0.3) is 0 Å². The highest BCUT2D eigenvalue weighted by Crippen LogP contribution is 2.30. The maximum Gasteiger partial charge on any atom is 0.307 e. The lowest BCUT2D eigenvalue weighted by Crippen LogP contribution is -2.47. The maximum atomic E-state index is 12.1. The first-order chi connectivity index (χ1) is 10.0. The van der Waals surface area contributed by atoms with Crippen LogP contribution in [0, 0.1) is 18.8 Å². The van der Waals surface area contributed by atoms with Gasteiger partial charge in [0.05, 0.1) is 16.7 Å². The van der Waals surface area contributed by atoms with Crippen LogP contribution in [0.4, 0.5) is 0 Å². The molecule has 1 saturated carbocycles. The summed E-state index contributed by atoms with van der Waals surface area (Å²) in [6.45, 7) is 1.81. The molecular weight excluding hydrogens is 292 g/mol. The zero-order chi connectivity index (χ0) is 15.4. The van der Waals surface area contributed by atoms with E-state index in [-0.39, 0.29) is 5.91 Å².